The molecule has 0 spiro atoms. The van der Waals surface area contributed by atoms with E-state index in [9.17, 15) is 4.79 Å². The summed E-state index contributed by atoms with van der Waals surface area (Å²) in [6.45, 7) is 8.74. The number of amides is 1. The summed E-state index contributed by atoms with van der Waals surface area (Å²) in [6, 6.07) is 10.5. The lowest BCUT2D eigenvalue weighted by Gasteiger charge is -2.42. The molecule has 1 atom stereocenters. The Hall–Kier alpha value is -1.31. The summed E-state index contributed by atoms with van der Waals surface area (Å²) in [5.74, 6) is 0.738. The average molecular weight is 245 g/mol. The van der Waals surface area contributed by atoms with Gasteiger partial charge >= 0.3 is 0 Å². The van der Waals surface area contributed by atoms with Gasteiger partial charge in [-0.25, -0.2) is 0 Å². The number of nitrogens with one attached hydrogen (secondary N) is 1. The standard InChI is InChI=1S/C16H23NO/c1-12(2)10-16(13-8-6-5-7-9-13)11-14(18)17-15(16,3)4/h5-9,12H,10-11H2,1-4H3,(H,17,18). The zero-order valence-corrected chi connectivity index (χ0v) is 11.8. The van der Waals surface area contributed by atoms with Crippen molar-refractivity contribution in [1.82, 2.24) is 5.32 Å². The molecule has 1 saturated heterocycles. The molecular formula is C16H23NO. The normalized spacial score (nSPS) is 26.4. The van der Waals surface area contributed by atoms with Gasteiger partial charge in [0, 0.05) is 17.4 Å². The lowest BCUT2D eigenvalue weighted by molar-refractivity contribution is -0.119. The molecule has 18 heavy (non-hydrogen) atoms. The molecule has 1 aromatic rings. The first-order valence-electron chi connectivity index (χ1n) is 6.74. The van der Waals surface area contributed by atoms with Crippen molar-refractivity contribution in [2.24, 2.45) is 5.92 Å². The molecule has 2 heteroatoms. The second-order valence-electron chi connectivity index (χ2n) is 6.40. The largest absolute Gasteiger partial charge is 0.350 e. The summed E-state index contributed by atoms with van der Waals surface area (Å²) >= 11 is 0. The van der Waals surface area contributed by atoms with Gasteiger partial charge in [-0.05, 0) is 31.7 Å². The summed E-state index contributed by atoms with van der Waals surface area (Å²) in [5.41, 5.74) is 1.01. The Labute approximate surface area is 110 Å². The maximum absolute atomic E-state index is 11.9. The lowest BCUT2D eigenvalue weighted by Crippen LogP contribution is -2.50. The number of rotatable bonds is 3. The summed E-state index contributed by atoms with van der Waals surface area (Å²) < 4.78 is 0. The zero-order valence-electron chi connectivity index (χ0n) is 11.8. The molecule has 2 nitrogen and oxygen atoms in total. The highest BCUT2D eigenvalue weighted by Gasteiger charge is 2.53. The molecule has 0 radical (unpaired) electrons. The van der Waals surface area contributed by atoms with Gasteiger partial charge in [0.25, 0.3) is 0 Å². The van der Waals surface area contributed by atoms with E-state index in [1.165, 1.54) is 5.56 Å². The Morgan fingerprint density at radius 3 is 2.28 bits per heavy atom. The average Bonchev–Trinajstić information content (AvgIpc) is 2.49. The van der Waals surface area contributed by atoms with Crippen LogP contribution in [-0.4, -0.2) is 11.4 Å². The van der Waals surface area contributed by atoms with E-state index < -0.39 is 0 Å². The molecule has 1 amide bonds. The Bertz CT molecular complexity index is 436. The third-order valence-corrected chi connectivity index (χ3v) is 4.19. The molecule has 0 bridgehead atoms. The van der Waals surface area contributed by atoms with Crippen molar-refractivity contribution in [2.75, 3.05) is 0 Å². The second kappa shape index (κ2) is 4.42. The Morgan fingerprint density at radius 1 is 1.22 bits per heavy atom. The van der Waals surface area contributed by atoms with Crippen LogP contribution in [0.25, 0.3) is 0 Å². The summed E-state index contributed by atoms with van der Waals surface area (Å²) in [5, 5.41) is 3.15. The fourth-order valence-electron chi connectivity index (χ4n) is 3.37. The van der Waals surface area contributed by atoms with E-state index in [1.807, 2.05) is 6.07 Å². The van der Waals surface area contributed by atoms with Crippen LogP contribution < -0.4 is 5.32 Å². The molecule has 1 heterocycles. The van der Waals surface area contributed by atoms with Crippen molar-refractivity contribution in [3.05, 3.63) is 35.9 Å². The molecule has 1 aliphatic rings. The molecule has 1 N–H and O–H groups in total. The SMILES string of the molecule is CC(C)CC1(c2ccccc2)CC(=O)NC1(C)C. The van der Waals surface area contributed by atoms with Gasteiger partial charge in [0.1, 0.15) is 0 Å². The summed E-state index contributed by atoms with van der Waals surface area (Å²) in [4.78, 5) is 11.9. The van der Waals surface area contributed by atoms with Crippen LogP contribution in [0.15, 0.2) is 30.3 Å². The molecule has 0 aromatic heterocycles. The van der Waals surface area contributed by atoms with Crippen LogP contribution in [0, 0.1) is 5.92 Å². The predicted octanol–water partition coefficient (Wildman–Crippen LogP) is 3.27. The molecule has 0 aliphatic carbocycles. The minimum Gasteiger partial charge on any atom is -0.350 e. The van der Waals surface area contributed by atoms with E-state index in [0.29, 0.717) is 12.3 Å². The Morgan fingerprint density at radius 2 is 1.83 bits per heavy atom. The van der Waals surface area contributed by atoms with Crippen LogP contribution in [0.2, 0.25) is 0 Å². The first-order chi connectivity index (χ1) is 8.37. The van der Waals surface area contributed by atoms with Gasteiger partial charge < -0.3 is 5.32 Å². The quantitative estimate of drug-likeness (QED) is 0.870. The second-order valence-corrected chi connectivity index (χ2v) is 6.40. The van der Waals surface area contributed by atoms with Gasteiger partial charge in [-0.15, -0.1) is 0 Å². The highest BCUT2D eigenvalue weighted by Crippen LogP contribution is 2.47. The van der Waals surface area contributed by atoms with E-state index in [0.717, 1.165) is 6.42 Å². The van der Waals surface area contributed by atoms with Crippen LogP contribution in [0.3, 0.4) is 0 Å². The zero-order chi connectivity index (χ0) is 13.4. The van der Waals surface area contributed by atoms with E-state index in [-0.39, 0.29) is 16.9 Å². The molecule has 98 valence electrons. The van der Waals surface area contributed by atoms with Crippen molar-refractivity contribution in [3.63, 3.8) is 0 Å². The minimum absolute atomic E-state index is 0.0838. The maximum Gasteiger partial charge on any atom is 0.221 e. The third-order valence-electron chi connectivity index (χ3n) is 4.19. The first kappa shape index (κ1) is 13.1. The topological polar surface area (TPSA) is 29.1 Å². The smallest absolute Gasteiger partial charge is 0.221 e. The van der Waals surface area contributed by atoms with Gasteiger partial charge in [-0.1, -0.05) is 44.2 Å². The molecular weight excluding hydrogens is 222 g/mol. The molecule has 0 saturated carbocycles. The third kappa shape index (κ3) is 2.05. The van der Waals surface area contributed by atoms with E-state index in [4.69, 9.17) is 0 Å². The van der Waals surface area contributed by atoms with E-state index >= 15 is 0 Å². The Kier molecular flexibility index (Phi) is 3.22. The number of benzene rings is 1. The molecule has 1 unspecified atom stereocenters. The Balaban J connectivity index is 2.51. The first-order valence-corrected chi connectivity index (χ1v) is 6.74. The highest BCUT2D eigenvalue weighted by molar-refractivity contribution is 5.82. The highest BCUT2D eigenvalue weighted by atomic mass is 16.2. The fraction of sp³-hybridized carbons (Fsp3) is 0.562. The summed E-state index contributed by atoms with van der Waals surface area (Å²) in [6.07, 6.45) is 1.63. The van der Waals surface area contributed by atoms with Crippen molar-refractivity contribution in [3.8, 4) is 0 Å². The fourth-order valence-corrected chi connectivity index (χ4v) is 3.37. The summed E-state index contributed by atoms with van der Waals surface area (Å²) in [7, 11) is 0. The van der Waals surface area contributed by atoms with Crippen molar-refractivity contribution >= 4 is 5.91 Å². The number of hydrogen-bond donors (Lipinski definition) is 1. The monoisotopic (exact) mass is 245 g/mol. The molecule has 1 fully saturated rings. The number of carbonyl (C=O) groups is 1. The van der Waals surface area contributed by atoms with Crippen LogP contribution in [0.1, 0.15) is 46.1 Å². The molecule has 1 aromatic carbocycles. The van der Waals surface area contributed by atoms with Gasteiger partial charge in [-0.2, -0.15) is 0 Å². The van der Waals surface area contributed by atoms with Gasteiger partial charge in [0.15, 0.2) is 0 Å². The van der Waals surface area contributed by atoms with Crippen molar-refractivity contribution in [2.45, 2.75) is 51.5 Å². The van der Waals surface area contributed by atoms with Gasteiger partial charge in [-0.3, -0.25) is 4.79 Å². The predicted molar refractivity (Wildman–Crippen MR) is 74.4 cm³/mol. The van der Waals surface area contributed by atoms with Crippen LogP contribution >= 0.6 is 0 Å². The van der Waals surface area contributed by atoms with Gasteiger partial charge in [0.05, 0.1) is 0 Å². The lowest BCUT2D eigenvalue weighted by atomic mass is 9.63. The van der Waals surface area contributed by atoms with E-state index in [1.54, 1.807) is 0 Å². The maximum atomic E-state index is 11.9. The van der Waals surface area contributed by atoms with Crippen LogP contribution in [0.4, 0.5) is 0 Å². The minimum atomic E-state index is -0.185. The van der Waals surface area contributed by atoms with Crippen LogP contribution in [0.5, 0.6) is 0 Å². The number of carbonyl (C=O) groups excluding carboxylic acids is 1. The van der Waals surface area contributed by atoms with Crippen LogP contribution in [-0.2, 0) is 10.2 Å². The van der Waals surface area contributed by atoms with Crippen molar-refractivity contribution < 1.29 is 4.79 Å². The molecule has 2 rings (SSSR count). The van der Waals surface area contributed by atoms with E-state index in [2.05, 4.69) is 57.3 Å². The molecule has 1 aliphatic heterocycles. The number of hydrogen-bond acceptors (Lipinski definition) is 1. The van der Waals surface area contributed by atoms with Crippen molar-refractivity contribution in [1.29, 1.82) is 0 Å². The van der Waals surface area contributed by atoms with Gasteiger partial charge in [0.2, 0.25) is 5.91 Å².